The summed E-state index contributed by atoms with van der Waals surface area (Å²) in [6.45, 7) is 2.57. The zero-order chi connectivity index (χ0) is 13.9. The number of hydrogen-bond donors (Lipinski definition) is 0. The molecule has 0 atom stereocenters. The van der Waals surface area contributed by atoms with E-state index in [0.29, 0.717) is 32.7 Å². The topological polar surface area (TPSA) is 30.3 Å². The van der Waals surface area contributed by atoms with E-state index in [0.717, 1.165) is 6.07 Å². The molecule has 1 fully saturated rings. The summed E-state index contributed by atoms with van der Waals surface area (Å²) >= 11 is 0. The van der Waals surface area contributed by atoms with Crippen LogP contribution in [0.1, 0.15) is 5.56 Å². The standard InChI is InChI=1S/C13H14F3N3/c14-13(15,16)11-3-1-2-4-12(11)19-9-7-18(6-5-17)8-10-19/h1-4H,6-10H2. The van der Waals surface area contributed by atoms with Gasteiger partial charge in [-0.3, -0.25) is 4.90 Å². The first-order chi connectivity index (χ1) is 9.02. The third-order valence-corrected chi connectivity index (χ3v) is 3.22. The summed E-state index contributed by atoms with van der Waals surface area (Å²) in [5, 5.41) is 8.60. The second-order valence-corrected chi connectivity index (χ2v) is 4.44. The molecule has 0 radical (unpaired) electrons. The molecule has 0 N–H and O–H groups in total. The lowest BCUT2D eigenvalue weighted by Gasteiger charge is -2.36. The molecule has 1 aliphatic heterocycles. The lowest BCUT2D eigenvalue weighted by Crippen LogP contribution is -2.46. The summed E-state index contributed by atoms with van der Waals surface area (Å²) in [6, 6.07) is 7.68. The molecular weight excluding hydrogens is 255 g/mol. The molecule has 3 nitrogen and oxygen atoms in total. The van der Waals surface area contributed by atoms with Crippen molar-refractivity contribution in [2.24, 2.45) is 0 Å². The first-order valence-corrected chi connectivity index (χ1v) is 6.03. The van der Waals surface area contributed by atoms with Gasteiger partial charge >= 0.3 is 6.18 Å². The number of nitrogens with zero attached hydrogens (tertiary/aromatic N) is 3. The molecule has 1 heterocycles. The van der Waals surface area contributed by atoms with Crippen molar-refractivity contribution in [3.05, 3.63) is 29.8 Å². The largest absolute Gasteiger partial charge is 0.418 e. The maximum Gasteiger partial charge on any atom is 0.418 e. The molecule has 0 amide bonds. The van der Waals surface area contributed by atoms with Crippen molar-refractivity contribution in [2.75, 3.05) is 37.6 Å². The van der Waals surface area contributed by atoms with Gasteiger partial charge in [0.05, 0.1) is 18.2 Å². The molecule has 6 heteroatoms. The van der Waals surface area contributed by atoms with Gasteiger partial charge in [0, 0.05) is 31.9 Å². The van der Waals surface area contributed by atoms with Gasteiger partial charge in [0.25, 0.3) is 0 Å². The Kier molecular flexibility index (Phi) is 3.96. The maximum absolute atomic E-state index is 12.9. The predicted molar refractivity (Wildman–Crippen MR) is 65.7 cm³/mol. The van der Waals surface area contributed by atoms with Crippen molar-refractivity contribution >= 4 is 5.69 Å². The van der Waals surface area contributed by atoms with Gasteiger partial charge in [-0.15, -0.1) is 0 Å². The summed E-state index contributed by atoms with van der Waals surface area (Å²) in [5.74, 6) is 0. The molecule has 19 heavy (non-hydrogen) atoms. The van der Waals surface area contributed by atoms with E-state index in [2.05, 4.69) is 6.07 Å². The minimum absolute atomic E-state index is 0.228. The number of hydrogen-bond acceptors (Lipinski definition) is 3. The summed E-state index contributed by atoms with van der Waals surface area (Å²) in [7, 11) is 0. The Hall–Kier alpha value is -1.74. The van der Waals surface area contributed by atoms with E-state index in [1.165, 1.54) is 12.1 Å². The third-order valence-electron chi connectivity index (χ3n) is 3.22. The van der Waals surface area contributed by atoms with Crippen LogP contribution in [0.2, 0.25) is 0 Å². The molecule has 0 unspecified atom stereocenters. The molecule has 2 rings (SSSR count). The van der Waals surface area contributed by atoms with Gasteiger partial charge < -0.3 is 4.90 Å². The second kappa shape index (κ2) is 5.49. The lowest BCUT2D eigenvalue weighted by molar-refractivity contribution is -0.137. The molecule has 102 valence electrons. The smallest absolute Gasteiger partial charge is 0.368 e. The van der Waals surface area contributed by atoms with Crippen LogP contribution >= 0.6 is 0 Å². The van der Waals surface area contributed by atoms with Crippen LogP contribution in [-0.4, -0.2) is 37.6 Å². The van der Waals surface area contributed by atoms with E-state index in [-0.39, 0.29) is 5.69 Å². The van der Waals surface area contributed by atoms with E-state index in [9.17, 15) is 13.2 Å². The van der Waals surface area contributed by atoms with Crippen molar-refractivity contribution < 1.29 is 13.2 Å². The maximum atomic E-state index is 12.9. The highest BCUT2D eigenvalue weighted by atomic mass is 19.4. The monoisotopic (exact) mass is 269 g/mol. The second-order valence-electron chi connectivity index (χ2n) is 4.44. The molecule has 0 bridgehead atoms. The van der Waals surface area contributed by atoms with Crippen molar-refractivity contribution in [3.63, 3.8) is 0 Å². The van der Waals surface area contributed by atoms with Crippen molar-refractivity contribution in [2.45, 2.75) is 6.18 Å². The molecule has 0 aromatic heterocycles. The van der Waals surface area contributed by atoms with Crippen LogP contribution in [0, 0.1) is 11.3 Å². The van der Waals surface area contributed by atoms with Crippen LogP contribution in [0.15, 0.2) is 24.3 Å². The Balaban J connectivity index is 2.14. The summed E-state index contributed by atoms with van der Waals surface area (Å²) < 4.78 is 38.8. The molecule has 1 aromatic carbocycles. The average molecular weight is 269 g/mol. The minimum atomic E-state index is -4.33. The Bertz CT molecular complexity index is 471. The number of halogens is 3. The first-order valence-electron chi connectivity index (χ1n) is 6.03. The Morgan fingerprint density at radius 2 is 1.74 bits per heavy atom. The van der Waals surface area contributed by atoms with Crippen molar-refractivity contribution in [1.29, 1.82) is 5.26 Å². The van der Waals surface area contributed by atoms with Crippen LogP contribution in [-0.2, 0) is 6.18 Å². The van der Waals surface area contributed by atoms with E-state index in [1.54, 1.807) is 11.0 Å². The fourth-order valence-corrected chi connectivity index (χ4v) is 2.24. The van der Waals surface area contributed by atoms with Gasteiger partial charge in [0.2, 0.25) is 0 Å². The van der Waals surface area contributed by atoms with Crippen LogP contribution in [0.5, 0.6) is 0 Å². The first kappa shape index (κ1) is 13.7. The van der Waals surface area contributed by atoms with Crippen molar-refractivity contribution in [1.82, 2.24) is 4.90 Å². The Morgan fingerprint density at radius 1 is 1.11 bits per heavy atom. The number of rotatable bonds is 2. The molecule has 0 spiro atoms. The number of piperazine rings is 1. The highest BCUT2D eigenvalue weighted by Crippen LogP contribution is 2.36. The Labute approximate surface area is 109 Å². The average Bonchev–Trinajstić information content (AvgIpc) is 2.39. The quantitative estimate of drug-likeness (QED) is 0.772. The lowest BCUT2D eigenvalue weighted by atomic mass is 10.1. The summed E-state index contributed by atoms with van der Waals surface area (Å²) in [6.07, 6.45) is -4.33. The van der Waals surface area contributed by atoms with E-state index in [4.69, 9.17) is 5.26 Å². The van der Waals surface area contributed by atoms with Gasteiger partial charge in [-0.2, -0.15) is 18.4 Å². The molecule has 1 aromatic rings. The van der Waals surface area contributed by atoms with Crippen LogP contribution in [0.4, 0.5) is 18.9 Å². The number of alkyl halides is 3. The molecular formula is C13H14F3N3. The van der Waals surface area contributed by atoms with Crippen LogP contribution in [0.3, 0.4) is 0 Å². The molecule has 0 saturated carbocycles. The fraction of sp³-hybridized carbons (Fsp3) is 0.462. The van der Waals surface area contributed by atoms with Gasteiger partial charge in [0.15, 0.2) is 0 Å². The minimum Gasteiger partial charge on any atom is -0.368 e. The Morgan fingerprint density at radius 3 is 2.32 bits per heavy atom. The summed E-state index contributed by atoms with van der Waals surface area (Å²) in [4.78, 5) is 3.67. The van der Waals surface area contributed by atoms with Crippen molar-refractivity contribution in [3.8, 4) is 6.07 Å². The van der Waals surface area contributed by atoms with Gasteiger partial charge in [0.1, 0.15) is 0 Å². The van der Waals surface area contributed by atoms with E-state index >= 15 is 0 Å². The number of para-hydroxylation sites is 1. The fourth-order valence-electron chi connectivity index (χ4n) is 2.24. The van der Waals surface area contributed by atoms with Crippen LogP contribution < -0.4 is 4.90 Å². The molecule has 1 aliphatic rings. The van der Waals surface area contributed by atoms with Gasteiger partial charge in [-0.25, -0.2) is 0 Å². The number of anilines is 1. The molecule has 1 saturated heterocycles. The van der Waals surface area contributed by atoms with Crippen LogP contribution in [0.25, 0.3) is 0 Å². The summed E-state index contributed by atoms with van der Waals surface area (Å²) in [5.41, 5.74) is -0.365. The molecule has 0 aliphatic carbocycles. The predicted octanol–water partition coefficient (Wildman–Crippen LogP) is 2.35. The SMILES string of the molecule is N#CCN1CCN(c2ccccc2C(F)(F)F)CC1. The normalized spacial score (nSPS) is 17.3. The zero-order valence-electron chi connectivity index (χ0n) is 10.3. The highest BCUT2D eigenvalue weighted by molar-refractivity contribution is 5.55. The number of benzene rings is 1. The number of nitriles is 1. The third kappa shape index (κ3) is 3.18. The van der Waals surface area contributed by atoms with E-state index in [1.807, 2.05) is 4.90 Å². The van der Waals surface area contributed by atoms with Gasteiger partial charge in [-0.1, -0.05) is 12.1 Å². The zero-order valence-corrected chi connectivity index (χ0v) is 10.3. The highest BCUT2D eigenvalue weighted by Gasteiger charge is 2.35. The van der Waals surface area contributed by atoms with E-state index < -0.39 is 11.7 Å². The van der Waals surface area contributed by atoms with Gasteiger partial charge in [-0.05, 0) is 12.1 Å².